The molecule has 0 aromatic heterocycles. The number of hydrogen-bond donors (Lipinski definition) is 0. The predicted octanol–water partition coefficient (Wildman–Crippen LogP) is 7.66. The molecule has 182 valence electrons. The van der Waals surface area contributed by atoms with Gasteiger partial charge in [0, 0.05) is 22.1 Å². The summed E-state index contributed by atoms with van der Waals surface area (Å²) in [5.41, 5.74) is 2.66. The molecule has 5 rings (SSSR count). The molecular weight excluding hydrogens is 633 g/mol. The fourth-order valence-corrected chi connectivity index (χ4v) is 7.93. The molecule has 0 unspecified atom stereocenters. The van der Waals surface area contributed by atoms with Crippen molar-refractivity contribution in [1.29, 1.82) is 0 Å². The van der Waals surface area contributed by atoms with Crippen LogP contribution in [0.2, 0.25) is 0 Å². The Bertz CT molecular complexity index is 982. The Kier molecular flexibility index (Phi) is 12.7. The van der Waals surface area contributed by atoms with Gasteiger partial charge in [-0.15, -0.1) is 0 Å². The van der Waals surface area contributed by atoms with Crippen LogP contribution < -0.4 is 10.6 Å². The molecule has 3 aromatic rings. The molecule has 2 fully saturated rings. The van der Waals surface area contributed by atoms with E-state index >= 15 is 0 Å². The number of rotatable bonds is 6. The van der Waals surface area contributed by atoms with Gasteiger partial charge in [0.15, 0.2) is 0 Å². The third-order valence-corrected chi connectivity index (χ3v) is 9.65. The van der Waals surface area contributed by atoms with E-state index in [0.29, 0.717) is 0 Å². The molecule has 1 nitrogen and oxygen atoms in total. The number of benzene rings is 3. The maximum absolute atomic E-state index is 3.89. The Labute approximate surface area is 247 Å². The van der Waals surface area contributed by atoms with Gasteiger partial charge in [0.2, 0.25) is 0 Å². The Balaban J connectivity index is 0.000000538. The van der Waals surface area contributed by atoms with E-state index in [-0.39, 0.29) is 23.1 Å². The minimum atomic E-state index is -0.675. The van der Waals surface area contributed by atoms with Crippen LogP contribution in [0.3, 0.4) is 0 Å². The van der Waals surface area contributed by atoms with Gasteiger partial charge in [-0.1, -0.05) is 111 Å². The first-order valence-corrected chi connectivity index (χ1v) is 14.4. The molecule has 10 radical (unpaired) electrons. The van der Waals surface area contributed by atoms with Gasteiger partial charge in [-0.2, -0.15) is 0 Å². The number of hydrogen-bond acceptors (Lipinski definition) is 1. The van der Waals surface area contributed by atoms with E-state index in [4.69, 9.17) is 0 Å². The Morgan fingerprint density at radius 2 is 1.11 bits per heavy atom. The summed E-state index contributed by atoms with van der Waals surface area (Å²) in [5.74, 6) is 1.34. The summed E-state index contributed by atoms with van der Waals surface area (Å²) in [6.07, 6.45) is 14.5. The van der Waals surface area contributed by atoms with Crippen molar-refractivity contribution < 1.29 is 17.1 Å². The molecule has 2 saturated carbocycles. The van der Waals surface area contributed by atoms with Crippen molar-refractivity contribution in [3.05, 3.63) is 156 Å². The molecule has 0 aliphatic heterocycles. The smallest absolute Gasteiger partial charge is 0.302 e. The molecule has 5 heteroatoms. The Hall–Kier alpha value is -0.471. The van der Waals surface area contributed by atoms with Crippen LogP contribution in [0.1, 0.15) is 11.6 Å². The maximum Gasteiger partial charge on any atom is 2.00 e. The molecule has 0 bridgehead atoms. The summed E-state index contributed by atoms with van der Waals surface area (Å²) in [5, 5.41) is 2.73. The summed E-state index contributed by atoms with van der Waals surface area (Å²) >= 11 is 7.68. The van der Waals surface area contributed by atoms with Gasteiger partial charge in [-0.25, -0.2) is 0 Å². The third kappa shape index (κ3) is 7.55. The molecule has 36 heavy (non-hydrogen) atoms. The van der Waals surface area contributed by atoms with Crippen molar-refractivity contribution in [2.75, 3.05) is 14.1 Å². The summed E-state index contributed by atoms with van der Waals surface area (Å²) in [6, 6.07) is 30.4. The molecule has 0 heterocycles. The zero-order valence-electron chi connectivity index (χ0n) is 20.2. The van der Waals surface area contributed by atoms with Crippen LogP contribution >= 0.6 is 39.8 Å². The van der Waals surface area contributed by atoms with Crippen LogP contribution in [0.4, 0.5) is 0 Å². The quantitative estimate of drug-likeness (QED) is 0.194. The summed E-state index contributed by atoms with van der Waals surface area (Å²) in [4.78, 5) is 3.46. The molecular formula is C31H28Br2FeNP+2. The largest absolute Gasteiger partial charge is 2.00 e. The molecule has 3 aromatic carbocycles. The molecule has 0 amide bonds. The van der Waals surface area contributed by atoms with Crippen LogP contribution in [-0.2, 0) is 17.1 Å². The topological polar surface area (TPSA) is 3.24 Å². The zero-order valence-corrected chi connectivity index (χ0v) is 25.4. The van der Waals surface area contributed by atoms with E-state index in [9.17, 15) is 0 Å². The van der Waals surface area contributed by atoms with Gasteiger partial charge in [-0.05, 0) is 89.2 Å². The maximum atomic E-state index is 3.89. The second kappa shape index (κ2) is 15.2. The van der Waals surface area contributed by atoms with Crippen molar-refractivity contribution in [3.63, 3.8) is 0 Å². The minimum Gasteiger partial charge on any atom is -0.302 e. The van der Waals surface area contributed by atoms with Gasteiger partial charge >= 0.3 is 17.1 Å². The van der Waals surface area contributed by atoms with Crippen molar-refractivity contribution >= 4 is 50.4 Å². The summed E-state index contributed by atoms with van der Waals surface area (Å²) in [7, 11) is 3.63. The SMILES string of the molecule is CN(C)[C@@H]([C]1[C](Br)[CH][CH][C]1P(c1ccccc1)c1ccccc1)c1ccccc1Br.[CH]1[CH][CH][CH][CH]1.[Fe+2]. The van der Waals surface area contributed by atoms with Crippen LogP contribution in [0.5, 0.6) is 0 Å². The fourth-order valence-electron chi connectivity index (χ4n) is 4.21. The third-order valence-electron chi connectivity index (χ3n) is 5.74. The number of nitrogens with zero attached hydrogens (tertiary/aromatic N) is 1. The van der Waals surface area contributed by atoms with Gasteiger partial charge in [0.25, 0.3) is 0 Å². The molecule has 1 atom stereocenters. The van der Waals surface area contributed by atoms with E-state index in [1.807, 2.05) is 32.1 Å². The second-order valence-electron chi connectivity index (χ2n) is 8.34. The first-order chi connectivity index (χ1) is 17.1. The van der Waals surface area contributed by atoms with E-state index in [0.717, 1.165) is 9.30 Å². The van der Waals surface area contributed by atoms with Gasteiger partial charge < -0.3 is 4.90 Å². The van der Waals surface area contributed by atoms with Crippen LogP contribution in [0, 0.1) is 61.3 Å². The van der Waals surface area contributed by atoms with Gasteiger partial charge in [-0.3, -0.25) is 0 Å². The van der Waals surface area contributed by atoms with Crippen molar-refractivity contribution in [1.82, 2.24) is 4.90 Å². The molecule has 0 N–H and O–H groups in total. The first-order valence-electron chi connectivity index (χ1n) is 11.5. The van der Waals surface area contributed by atoms with E-state index < -0.39 is 7.92 Å². The van der Waals surface area contributed by atoms with E-state index in [1.54, 1.807) is 0 Å². The van der Waals surface area contributed by atoms with Gasteiger partial charge in [0.1, 0.15) is 0 Å². The fraction of sp³-hybridized carbons (Fsp3) is 0.0968. The average molecular weight is 661 g/mol. The molecule has 2 aliphatic rings. The standard InChI is InChI=1S/C26H23Br2NP.C5H5.Fe/c1-29(2)26(21-15-9-10-16-22(21)27)25-23(28)17-18-24(25)30(19-11-5-3-6-12-19)20-13-7-4-8-14-20;1-2-4-5-3-1;/h3-18,26H,1-2H3;1-5H;/q;;+2/t26-;;/m1../s1. The Morgan fingerprint density at radius 1 is 0.639 bits per heavy atom. The van der Waals surface area contributed by atoms with Crippen molar-refractivity contribution in [2.24, 2.45) is 0 Å². The van der Waals surface area contributed by atoms with E-state index in [1.165, 1.54) is 27.7 Å². The monoisotopic (exact) mass is 659 g/mol. The molecule has 0 saturated heterocycles. The first kappa shape index (κ1) is 30.1. The van der Waals surface area contributed by atoms with E-state index in [2.05, 4.69) is 149 Å². The minimum absolute atomic E-state index is 0. The van der Waals surface area contributed by atoms with Crippen LogP contribution in [-0.4, -0.2) is 19.0 Å². The van der Waals surface area contributed by atoms with Crippen molar-refractivity contribution in [2.45, 2.75) is 6.04 Å². The summed E-state index contributed by atoms with van der Waals surface area (Å²) in [6.45, 7) is 0. The molecule has 0 spiro atoms. The van der Waals surface area contributed by atoms with Crippen LogP contribution in [0.25, 0.3) is 0 Å². The Morgan fingerprint density at radius 3 is 1.58 bits per heavy atom. The van der Waals surface area contributed by atoms with Crippen LogP contribution in [0.15, 0.2) is 89.4 Å². The summed E-state index contributed by atoms with van der Waals surface area (Å²) < 4.78 is 1.13. The predicted molar refractivity (Wildman–Crippen MR) is 158 cm³/mol. The average Bonchev–Trinajstić information content (AvgIpc) is 3.57. The number of halogens is 2. The molecule has 2 aliphatic carbocycles. The van der Waals surface area contributed by atoms with Crippen molar-refractivity contribution in [3.8, 4) is 0 Å². The second-order valence-corrected chi connectivity index (χ2v) is 12.2. The zero-order chi connectivity index (χ0) is 24.6. The van der Waals surface area contributed by atoms with Gasteiger partial charge in [0.05, 0.1) is 4.83 Å². The normalized spacial score (nSPS) is 17.6.